The van der Waals surface area contributed by atoms with E-state index >= 15 is 0 Å². The van der Waals surface area contributed by atoms with Gasteiger partial charge in [0.1, 0.15) is 5.82 Å². The summed E-state index contributed by atoms with van der Waals surface area (Å²) in [5, 5.41) is 7.72. The van der Waals surface area contributed by atoms with Crippen LogP contribution in [0.1, 0.15) is 65.7 Å². The Morgan fingerprint density at radius 3 is 2.69 bits per heavy atom. The number of carbonyl (C=O) groups excluding carboxylic acids is 2. The highest BCUT2D eigenvalue weighted by atomic mass is 19.1. The molecule has 32 heavy (non-hydrogen) atoms. The van der Waals surface area contributed by atoms with E-state index in [9.17, 15) is 14.0 Å². The van der Waals surface area contributed by atoms with E-state index in [-0.39, 0.29) is 12.5 Å². The number of nitrogens with zero attached hydrogens (tertiary/aromatic N) is 2. The monoisotopic (exact) mass is 445 g/mol. The molecule has 0 spiro atoms. The molecule has 174 valence electrons. The predicted molar refractivity (Wildman–Crippen MR) is 118 cm³/mol. The maximum Gasteiger partial charge on any atom is 0.338 e. The number of benzene rings is 1. The van der Waals surface area contributed by atoms with Crippen LogP contribution in [0.5, 0.6) is 0 Å². The first-order chi connectivity index (χ1) is 15.3. The van der Waals surface area contributed by atoms with Gasteiger partial charge in [0.2, 0.25) is 0 Å². The molecule has 1 aliphatic rings. The Morgan fingerprint density at radius 1 is 1.25 bits per heavy atom. The zero-order valence-electron chi connectivity index (χ0n) is 19.1. The van der Waals surface area contributed by atoms with Gasteiger partial charge in [-0.15, -0.1) is 0 Å². The van der Waals surface area contributed by atoms with Gasteiger partial charge in [0.05, 0.1) is 29.1 Å². The second-order valence-corrected chi connectivity index (χ2v) is 8.85. The molecular formula is C24H32FN3O4. The number of rotatable bonds is 6. The molecule has 1 N–H and O–H groups in total. The van der Waals surface area contributed by atoms with E-state index in [1.165, 1.54) is 24.3 Å². The first-order valence-electron chi connectivity index (χ1n) is 11.2. The summed E-state index contributed by atoms with van der Waals surface area (Å²) in [6, 6.07) is 5.28. The highest BCUT2D eigenvalue weighted by Gasteiger charge is 2.28. The van der Waals surface area contributed by atoms with Crippen molar-refractivity contribution in [1.29, 1.82) is 0 Å². The third-order valence-electron chi connectivity index (χ3n) is 5.40. The third kappa shape index (κ3) is 6.16. The Morgan fingerprint density at radius 2 is 1.97 bits per heavy atom. The maximum absolute atomic E-state index is 13.1. The molecule has 3 rings (SSSR count). The molecule has 2 aromatic rings. The second kappa shape index (κ2) is 10.7. The van der Waals surface area contributed by atoms with Gasteiger partial charge >= 0.3 is 5.97 Å². The van der Waals surface area contributed by atoms with Gasteiger partial charge in [-0.3, -0.25) is 9.48 Å². The number of carbonyl (C=O) groups is 2. The van der Waals surface area contributed by atoms with Gasteiger partial charge in [-0.1, -0.05) is 20.8 Å². The van der Waals surface area contributed by atoms with Gasteiger partial charge in [-0.05, 0) is 49.9 Å². The summed E-state index contributed by atoms with van der Waals surface area (Å²) in [7, 11) is 0. The lowest BCUT2D eigenvalue weighted by Gasteiger charge is -2.25. The summed E-state index contributed by atoms with van der Waals surface area (Å²) >= 11 is 0. The van der Waals surface area contributed by atoms with Gasteiger partial charge in [-0.2, -0.15) is 5.10 Å². The molecule has 0 saturated carbocycles. The van der Waals surface area contributed by atoms with Crippen LogP contribution in [0.3, 0.4) is 0 Å². The first-order valence-corrected chi connectivity index (χ1v) is 11.2. The summed E-state index contributed by atoms with van der Waals surface area (Å²) in [5.41, 5.74) is 2.20. The van der Waals surface area contributed by atoms with Crippen LogP contribution in [0.4, 0.5) is 4.39 Å². The molecule has 2 heterocycles. The number of aryl methyl sites for hydroxylation is 1. The minimum absolute atomic E-state index is 0.0921. The van der Waals surface area contributed by atoms with Crippen molar-refractivity contribution in [2.24, 2.45) is 5.41 Å². The van der Waals surface area contributed by atoms with Crippen molar-refractivity contribution in [2.75, 3.05) is 26.4 Å². The third-order valence-corrected chi connectivity index (χ3v) is 5.40. The summed E-state index contributed by atoms with van der Waals surface area (Å²) in [4.78, 5) is 25.2. The highest BCUT2D eigenvalue weighted by molar-refractivity contribution is 5.96. The summed E-state index contributed by atoms with van der Waals surface area (Å²) in [6.07, 6.45) is 2.92. The van der Waals surface area contributed by atoms with E-state index in [4.69, 9.17) is 14.6 Å². The largest absolute Gasteiger partial charge is 0.461 e. The number of esters is 1. The summed E-state index contributed by atoms with van der Waals surface area (Å²) < 4.78 is 26.1. The number of amides is 1. The Balaban J connectivity index is 1.76. The number of ether oxygens (including phenoxy) is 2. The van der Waals surface area contributed by atoms with Crippen LogP contribution in [0.15, 0.2) is 24.3 Å². The Kier molecular flexibility index (Phi) is 8.01. The molecule has 1 amide bonds. The average molecular weight is 446 g/mol. The number of hydrogen-bond donors (Lipinski definition) is 1. The van der Waals surface area contributed by atoms with Crippen LogP contribution in [-0.2, 0) is 28.9 Å². The minimum Gasteiger partial charge on any atom is -0.461 e. The van der Waals surface area contributed by atoms with Crippen molar-refractivity contribution in [2.45, 2.75) is 53.0 Å². The summed E-state index contributed by atoms with van der Waals surface area (Å²) in [6.45, 7) is 8.45. The molecule has 7 nitrogen and oxygen atoms in total. The lowest BCUT2D eigenvalue weighted by Crippen LogP contribution is -2.29. The molecule has 0 unspecified atom stereocenters. The molecule has 1 aromatic carbocycles. The summed E-state index contributed by atoms with van der Waals surface area (Å²) in [5.74, 6) is -0.991. The van der Waals surface area contributed by atoms with Crippen LogP contribution >= 0.6 is 0 Å². The van der Waals surface area contributed by atoms with E-state index in [1.54, 1.807) is 0 Å². The van der Waals surface area contributed by atoms with Gasteiger partial charge in [0.25, 0.3) is 5.91 Å². The SMILES string of the molecule is CCc1nn(CC(C)(C)COC(=O)c2ccc(F)cc2)c2c1C(=O)NCCCOCCC2. The molecular weight excluding hydrogens is 413 g/mol. The molecule has 0 bridgehead atoms. The molecule has 0 aliphatic carbocycles. The van der Waals surface area contributed by atoms with E-state index in [1.807, 2.05) is 25.5 Å². The van der Waals surface area contributed by atoms with Gasteiger partial charge in [0.15, 0.2) is 0 Å². The van der Waals surface area contributed by atoms with Crippen LogP contribution in [-0.4, -0.2) is 48.0 Å². The number of hydrogen-bond acceptors (Lipinski definition) is 5. The van der Waals surface area contributed by atoms with E-state index in [0.29, 0.717) is 50.3 Å². The topological polar surface area (TPSA) is 82.5 Å². The van der Waals surface area contributed by atoms with Crippen LogP contribution < -0.4 is 5.32 Å². The first kappa shape index (κ1) is 23.9. The molecule has 8 heteroatoms. The second-order valence-electron chi connectivity index (χ2n) is 8.85. The Bertz CT molecular complexity index is 937. The van der Waals surface area contributed by atoms with E-state index in [2.05, 4.69) is 5.32 Å². The predicted octanol–water partition coefficient (Wildman–Crippen LogP) is 3.55. The zero-order valence-corrected chi connectivity index (χ0v) is 19.1. The highest BCUT2D eigenvalue weighted by Crippen LogP contribution is 2.25. The maximum atomic E-state index is 13.1. The Hall–Kier alpha value is -2.74. The fraction of sp³-hybridized carbons (Fsp3) is 0.542. The van der Waals surface area contributed by atoms with Gasteiger partial charge in [-0.25, -0.2) is 9.18 Å². The molecule has 1 aromatic heterocycles. The minimum atomic E-state index is -0.497. The molecule has 0 radical (unpaired) electrons. The van der Waals surface area contributed by atoms with Crippen LogP contribution in [0, 0.1) is 11.2 Å². The van der Waals surface area contributed by atoms with E-state index < -0.39 is 17.2 Å². The lowest BCUT2D eigenvalue weighted by molar-refractivity contribution is 0.0304. The number of fused-ring (bicyclic) bond motifs is 1. The fourth-order valence-corrected chi connectivity index (χ4v) is 3.74. The number of aromatic nitrogens is 2. The molecule has 1 aliphatic heterocycles. The average Bonchev–Trinajstić information content (AvgIpc) is 3.08. The van der Waals surface area contributed by atoms with Gasteiger partial charge < -0.3 is 14.8 Å². The molecule has 0 saturated heterocycles. The molecule has 0 fully saturated rings. The normalized spacial score (nSPS) is 15.4. The van der Waals surface area contributed by atoms with Crippen molar-refractivity contribution in [3.05, 3.63) is 52.6 Å². The number of nitrogens with one attached hydrogen (secondary N) is 1. The zero-order chi connectivity index (χ0) is 23.1. The number of halogens is 1. The van der Waals surface area contributed by atoms with Crippen molar-refractivity contribution < 1.29 is 23.5 Å². The van der Waals surface area contributed by atoms with E-state index in [0.717, 1.165) is 24.2 Å². The van der Waals surface area contributed by atoms with Crippen LogP contribution in [0.2, 0.25) is 0 Å². The van der Waals surface area contributed by atoms with Crippen molar-refractivity contribution in [1.82, 2.24) is 15.1 Å². The quantitative estimate of drug-likeness (QED) is 0.688. The van der Waals surface area contributed by atoms with Gasteiger partial charge in [0, 0.05) is 31.7 Å². The van der Waals surface area contributed by atoms with Crippen molar-refractivity contribution >= 4 is 11.9 Å². The molecule has 0 atom stereocenters. The fourth-order valence-electron chi connectivity index (χ4n) is 3.74. The lowest BCUT2D eigenvalue weighted by atomic mass is 9.94. The Labute approximate surface area is 188 Å². The standard InChI is InChI=1S/C24H32FN3O4/c1-4-19-21-20(7-5-13-31-14-6-12-26-22(21)29)28(27-19)15-24(2,3)16-32-23(30)17-8-10-18(25)11-9-17/h8-11H,4-7,12-16H2,1-3H3,(H,26,29). The van der Waals surface area contributed by atoms with Crippen molar-refractivity contribution in [3.63, 3.8) is 0 Å². The van der Waals surface area contributed by atoms with Crippen LogP contribution in [0.25, 0.3) is 0 Å². The smallest absolute Gasteiger partial charge is 0.338 e. The van der Waals surface area contributed by atoms with Crippen molar-refractivity contribution in [3.8, 4) is 0 Å².